The molecule has 1 saturated heterocycles. The van der Waals surface area contributed by atoms with Crippen molar-refractivity contribution in [2.24, 2.45) is 16.7 Å². The van der Waals surface area contributed by atoms with Crippen LogP contribution in [0.2, 0.25) is 0 Å². The fourth-order valence-electron chi connectivity index (χ4n) is 6.79. The van der Waals surface area contributed by atoms with Gasteiger partial charge in [-0.3, -0.25) is 9.69 Å². The highest BCUT2D eigenvalue weighted by atomic mass is 32.1. The predicted molar refractivity (Wildman–Crippen MR) is 141 cm³/mol. The van der Waals surface area contributed by atoms with Gasteiger partial charge in [-0.25, -0.2) is 4.98 Å². The first kappa shape index (κ1) is 25.8. The molecule has 8 heteroatoms. The standard InChI is InChI=1S/C28H39N3O4S/c1-27-9-8-23(33)28(2,18-32)22(27)17-21-25(30-26(36-21)19-6-4-3-5-7-19)20(27)16-24(34)29-10-11-31-12-14-35-15-13-31/h3-7,20,22-23,32-33H,8-18H2,1-2H3,(H,29,34). The molecule has 1 amide bonds. The Hall–Kier alpha value is -1.84. The zero-order valence-electron chi connectivity index (χ0n) is 21.4. The highest BCUT2D eigenvalue weighted by molar-refractivity contribution is 7.15. The second-order valence-electron chi connectivity index (χ2n) is 11.2. The third-order valence-electron chi connectivity index (χ3n) is 9.16. The van der Waals surface area contributed by atoms with Crippen LogP contribution in [-0.2, 0) is 16.0 Å². The third kappa shape index (κ3) is 4.74. The van der Waals surface area contributed by atoms with Gasteiger partial charge in [0, 0.05) is 54.4 Å². The van der Waals surface area contributed by atoms with Gasteiger partial charge in [-0.2, -0.15) is 0 Å². The lowest BCUT2D eigenvalue weighted by Gasteiger charge is -2.58. The summed E-state index contributed by atoms with van der Waals surface area (Å²) >= 11 is 1.70. The van der Waals surface area contributed by atoms with E-state index in [1.54, 1.807) is 11.3 Å². The quantitative estimate of drug-likeness (QED) is 0.527. The molecule has 5 rings (SSSR count). The van der Waals surface area contributed by atoms with Crippen molar-refractivity contribution in [2.75, 3.05) is 46.0 Å². The summed E-state index contributed by atoms with van der Waals surface area (Å²) in [5.41, 5.74) is 1.29. The van der Waals surface area contributed by atoms with Gasteiger partial charge in [-0.05, 0) is 30.6 Å². The predicted octanol–water partition coefficient (Wildman–Crippen LogP) is 3.06. The maximum Gasteiger partial charge on any atom is 0.220 e. The zero-order chi connectivity index (χ0) is 25.3. The molecular weight excluding hydrogens is 474 g/mol. The van der Waals surface area contributed by atoms with E-state index in [0.717, 1.165) is 62.0 Å². The largest absolute Gasteiger partial charge is 0.396 e. The van der Waals surface area contributed by atoms with Crippen molar-refractivity contribution in [3.63, 3.8) is 0 Å². The van der Waals surface area contributed by atoms with Crippen LogP contribution >= 0.6 is 11.3 Å². The molecule has 7 nitrogen and oxygen atoms in total. The van der Waals surface area contributed by atoms with Crippen LogP contribution in [0.4, 0.5) is 0 Å². The Morgan fingerprint density at radius 1 is 1.25 bits per heavy atom. The number of hydrogen-bond acceptors (Lipinski definition) is 7. The average Bonchev–Trinajstić information content (AvgIpc) is 3.33. The highest BCUT2D eigenvalue weighted by Crippen LogP contribution is 2.62. The van der Waals surface area contributed by atoms with E-state index in [0.29, 0.717) is 19.4 Å². The molecule has 2 heterocycles. The fourth-order valence-corrected chi connectivity index (χ4v) is 7.96. The molecule has 1 aromatic carbocycles. The molecule has 2 aliphatic carbocycles. The van der Waals surface area contributed by atoms with Gasteiger partial charge >= 0.3 is 0 Å². The lowest BCUT2D eigenvalue weighted by molar-refractivity contribution is -0.144. The number of amides is 1. The average molecular weight is 514 g/mol. The number of thiazole rings is 1. The summed E-state index contributed by atoms with van der Waals surface area (Å²) in [4.78, 5) is 21.9. The summed E-state index contributed by atoms with van der Waals surface area (Å²) < 4.78 is 5.42. The first-order chi connectivity index (χ1) is 17.3. The van der Waals surface area contributed by atoms with Crippen LogP contribution in [-0.4, -0.2) is 78.1 Å². The minimum absolute atomic E-state index is 0.0483. The van der Waals surface area contributed by atoms with Crippen molar-refractivity contribution in [1.29, 1.82) is 0 Å². The van der Waals surface area contributed by atoms with Crippen molar-refractivity contribution >= 4 is 17.2 Å². The molecular formula is C28H39N3O4S. The van der Waals surface area contributed by atoms with E-state index in [1.807, 2.05) is 25.1 Å². The van der Waals surface area contributed by atoms with E-state index in [9.17, 15) is 15.0 Å². The number of ether oxygens (including phenoxy) is 1. The van der Waals surface area contributed by atoms with Crippen LogP contribution < -0.4 is 5.32 Å². The lowest BCUT2D eigenvalue weighted by Crippen LogP contribution is -2.57. The molecule has 5 unspecified atom stereocenters. The maximum absolute atomic E-state index is 13.3. The molecule has 196 valence electrons. The molecule has 36 heavy (non-hydrogen) atoms. The Kier molecular flexibility index (Phi) is 7.52. The van der Waals surface area contributed by atoms with E-state index in [2.05, 4.69) is 29.3 Å². The summed E-state index contributed by atoms with van der Waals surface area (Å²) in [7, 11) is 0. The minimum atomic E-state index is -0.605. The number of nitrogens with zero attached hydrogens (tertiary/aromatic N) is 2. The number of fused-ring (bicyclic) bond motifs is 2. The van der Waals surface area contributed by atoms with Gasteiger partial charge < -0.3 is 20.3 Å². The Morgan fingerprint density at radius 2 is 2.00 bits per heavy atom. The highest BCUT2D eigenvalue weighted by Gasteiger charge is 2.59. The van der Waals surface area contributed by atoms with Gasteiger partial charge in [-0.15, -0.1) is 11.3 Å². The van der Waals surface area contributed by atoms with Gasteiger partial charge in [-0.1, -0.05) is 44.2 Å². The Bertz CT molecular complexity index is 1060. The van der Waals surface area contributed by atoms with E-state index in [4.69, 9.17) is 9.72 Å². The maximum atomic E-state index is 13.3. The number of aliphatic hydroxyl groups is 2. The first-order valence-electron chi connectivity index (χ1n) is 13.3. The number of rotatable bonds is 7. The summed E-state index contributed by atoms with van der Waals surface area (Å²) in [6.45, 7) is 8.98. The van der Waals surface area contributed by atoms with Crippen LogP contribution in [0.5, 0.6) is 0 Å². The van der Waals surface area contributed by atoms with Crippen LogP contribution in [0.3, 0.4) is 0 Å². The lowest BCUT2D eigenvalue weighted by atomic mass is 9.47. The number of hydrogen-bond donors (Lipinski definition) is 3. The van der Waals surface area contributed by atoms with Gasteiger partial charge in [0.1, 0.15) is 5.01 Å². The molecule has 2 fully saturated rings. The number of morpholine rings is 1. The fraction of sp³-hybridized carbons (Fsp3) is 0.643. The molecule has 2 aromatic rings. The summed E-state index contributed by atoms with van der Waals surface area (Å²) in [5, 5.41) is 25.5. The monoisotopic (exact) mass is 513 g/mol. The van der Waals surface area contributed by atoms with Gasteiger partial charge in [0.2, 0.25) is 5.91 Å². The Balaban J connectivity index is 1.42. The third-order valence-corrected chi connectivity index (χ3v) is 10.3. The number of aliphatic hydroxyl groups excluding tert-OH is 2. The molecule has 1 aliphatic heterocycles. The van der Waals surface area contributed by atoms with E-state index in [-0.39, 0.29) is 29.8 Å². The number of nitrogens with one attached hydrogen (secondary N) is 1. The first-order valence-corrected chi connectivity index (χ1v) is 14.1. The second kappa shape index (κ2) is 10.5. The van der Waals surface area contributed by atoms with Crippen LogP contribution in [0.15, 0.2) is 30.3 Å². The molecule has 3 N–H and O–H groups in total. The van der Waals surface area contributed by atoms with Crippen molar-refractivity contribution < 1.29 is 19.7 Å². The number of carbonyl (C=O) groups is 1. The van der Waals surface area contributed by atoms with Crippen molar-refractivity contribution in [3.05, 3.63) is 40.9 Å². The van der Waals surface area contributed by atoms with E-state index in [1.165, 1.54) is 4.88 Å². The minimum Gasteiger partial charge on any atom is -0.396 e. The van der Waals surface area contributed by atoms with Crippen LogP contribution in [0.1, 0.15) is 49.6 Å². The number of aromatic nitrogens is 1. The summed E-state index contributed by atoms with van der Waals surface area (Å²) in [5.74, 6) is 0.0652. The summed E-state index contributed by atoms with van der Waals surface area (Å²) in [6, 6.07) is 10.2. The zero-order valence-corrected chi connectivity index (χ0v) is 22.2. The molecule has 0 radical (unpaired) electrons. The molecule has 0 bridgehead atoms. The molecule has 5 atom stereocenters. The SMILES string of the molecule is CC1(CO)C(O)CCC2(C)C(CC(=O)NCCN3CCOCC3)c3nc(-c4ccccc4)sc3CC12. The topological polar surface area (TPSA) is 94.9 Å². The molecule has 3 aliphatic rings. The second-order valence-corrected chi connectivity index (χ2v) is 12.3. The Morgan fingerprint density at radius 3 is 2.72 bits per heavy atom. The summed E-state index contributed by atoms with van der Waals surface area (Å²) in [6.07, 6.45) is 2.05. The van der Waals surface area contributed by atoms with Gasteiger partial charge in [0.25, 0.3) is 0 Å². The Labute approximate surface area is 217 Å². The number of benzene rings is 1. The molecule has 1 saturated carbocycles. The van der Waals surface area contributed by atoms with Gasteiger partial charge in [0.05, 0.1) is 31.6 Å². The van der Waals surface area contributed by atoms with Crippen molar-refractivity contribution in [3.8, 4) is 10.6 Å². The smallest absolute Gasteiger partial charge is 0.220 e. The van der Waals surface area contributed by atoms with E-state index < -0.39 is 11.5 Å². The number of carbonyl (C=O) groups excluding carboxylic acids is 1. The van der Waals surface area contributed by atoms with Gasteiger partial charge in [0.15, 0.2) is 0 Å². The van der Waals surface area contributed by atoms with Crippen molar-refractivity contribution in [2.45, 2.75) is 51.6 Å². The van der Waals surface area contributed by atoms with Crippen LogP contribution in [0.25, 0.3) is 10.6 Å². The van der Waals surface area contributed by atoms with Crippen molar-refractivity contribution in [1.82, 2.24) is 15.2 Å². The normalized spacial score (nSPS) is 32.5. The van der Waals surface area contributed by atoms with E-state index >= 15 is 0 Å². The molecule has 1 aromatic heterocycles. The molecule has 0 spiro atoms. The van der Waals surface area contributed by atoms with Crippen LogP contribution in [0, 0.1) is 16.7 Å².